The highest BCUT2D eigenvalue weighted by Gasteiger charge is 2.14. The van der Waals surface area contributed by atoms with E-state index >= 15 is 0 Å². The van der Waals surface area contributed by atoms with Crippen LogP contribution >= 0.6 is 15.9 Å². The fourth-order valence-corrected chi connectivity index (χ4v) is 2.87. The summed E-state index contributed by atoms with van der Waals surface area (Å²) in [6, 6.07) is 9.41. The van der Waals surface area contributed by atoms with Gasteiger partial charge in [0.05, 0.1) is 4.90 Å². The minimum atomic E-state index is -3.84. The number of pyridine rings is 1. The molecule has 2 rings (SSSR count). The third kappa shape index (κ3) is 3.87. The summed E-state index contributed by atoms with van der Waals surface area (Å²) in [6.45, 7) is 1.63. The Hall–Kier alpha value is -1.77. The molecule has 6 nitrogen and oxygen atoms in total. The van der Waals surface area contributed by atoms with Gasteiger partial charge in [0.15, 0.2) is 0 Å². The van der Waals surface area contributed by atoms with Crippen molar-refractivity contribution in [3.8, 4) is 0 Å². The number of aryl methyl sites for hydroxylation is 1. The van der Waals surface area contributed by atoms with Crippen LogP contribution in [-0.2, 0) is 10.0 Å². The van der Waals surface area contributed by atoms with Crippen LogP contribution in [0.3, 0.4) is 0 Å². The van der Waals surface area contributed by atoms with E-state index in [1.807, 2.05) is 0 Å². The fourth-order valence-electron chi connectivity index (χ4n) is 1.71. The van der Waals surface area contributed by atoms with Crippen molar-refractivity contribution in [1.29, 1.82) is 0 Å². The lowest BCUT2D eigenvalue weighted by Gasteiger charge is -2.08. The Morgan fingerprint density at radius 3 is 2.62 bits per heavy atom. The van der Waals surface area contributed by atoms with Crippen molar-refractivity contribution in [2.45, 2.75) is 11.8 Å². The molecule has 1 aromatic heterocycles. The predicted molar refractivity (Wildman–Crippen MR) is 82.4 cm³/mol. The number of aromatic nitrogens is 1. The molecule has 8 heteroatoms. The number of rotatable bonds is 3. The Kier molecular flexibility index (Phi) is 4.40. The molecule has 0 spiro atoms. The molecule has 1 heterocycles. The molecule has 0 saturated heterocycles. The van der Waals surface area contributed by atoms with Crippen LogP contribution in [0, 0.1) is 6.92 Å². The Labute approximate surface area is 130 Å². The molecule has 2 aromatic rings. The zero-order chi connectivity index (χ0) is 15.6. The Bertz CT molecular complexity index is 806. The molecular weight excluding hydrogens is 358 g/mol. The monoisotopic (exact) mass is 369 g/mol. The second-order valence-electron chi connectivity index (χ2n) is 4.32. The van der Waals surface area contributed by atoms with Gasteiger partial charge < -0.3 is 5.32 Å². The molecule has 0 bridgehead atoms. The first-order valence-corrected chi connectivity index (χ1v) is 8.18. The van der Waals surface area contributed by atoms with Crippen LogP contribution < -0.4 is 10.5 Å². The second kappa shape index (κ2) is 5.92. The Morgan fingerprint density at radius 2 is 2.00 bits per heavy atom. The molecule has 110 valence electrons. The molecular formula is C13H12BrN3O3S. The summed E-state index contributed by atoms with van der Waals surface area (Å²) in [5, 5.41) is 7.71. The van der Waals surface area contributed by atoms with E-state index in [4.69, 9.17) is 5.14 Å². The van der Waals surface area contributed by atoms with Crippen LogP contribution in [0.1, 0.15) is 16.1 Å². The van der Waals surface area contributed by atoms with E-state index in [0.29, 0.717) is 15.9 Å². The standard InChI is InChI=1S/C13H12BrN3O3S/c1-8-5-6-9(7-11(8)21(15,19)20)16-13(18)10-3-2-4-12(14)17-10/h2-7H,1H3,(H,16,18)(H2,15,19,20). The largest absolute Gasteiger partial charge is 0.321 e. The Balaban J connectivity index is 2.30. The van der Waals surface area contributed by atoms with Gasteiger partial charge in [-0.2, -0.15) is 0 Å². The number of hydrogen-bond acceptors (Lipinski definition) is 4. The summed E-state index contributed by atoms with van der Waals surface area (Å²) >= 11 is 3.18. The van der Waals surface area contributed by atoms with E-state index in [-0.39, 0.29) is 10.6 Å². The zero-order valence-corrected chi connectivity index (χ0v) is 13.4. The van der Waals surface area contributed by atoms with Gasteiger partial charge in [-0.05, 0) is 52.7 Å². The van der Waals surface area contributed by atoms with Crippen molar-refractivity contribution in [3.05, 3.63) is 52.3 Å². The van der Waals surface area contributed by atoms with Crippen molar-refractivity contribution in [2.24, 2.45) is 5.14 Å². The van der Waals surface area contributed by atoms with Crippen molar-refractivity contribution in [2.75, 3.05) is 5.32 Å². The number of nitrogens with zero attached hydrogens (tertiary/aromatic N) is 1. The molecule has 0 fully saturated rings. The average Bonchev–Trinajstić information content (AvgIpc) is 2.39. The Morgan fingerprint density at radius 1 is 1.29 bits per heavy atom. The predicted octanol–water partition coefficient (Wildman–Crippen LogP) is 2.05. The van der Waals surface area contributed by atoms with E-state index in [1.165, 1.54) is 6.07 Å². The number of amides is 1. The summed E-state index contributed by atoms with van der Waals surface area (Å²) in [7, 11) is -3.84. The summed E-state index contributed by atoms with van der Waals surface area (Å²) in [5.41, 5.74) is 1.05. The highest BCUT2D eigenvalue weighted by Crippen LogP contribution is 2.19. The molecule has 0 aliphatic carbocycles. The minimum Gasteiger partial charge on any atom is -0.321 e. The number of primary sulfonamides is 1. The fraction of sp³-hybridized carbons (Fsp3) is 0.0769. The smallest absolute Gasteiger partial charge is 0.274 e. The number of anilines is 1. The van der Waals surface area contributed by atoms with Crippen LogP contribution in [0.15, 0.2) is 45.9 Å². The van der Waals surface area contributed by atoms with Gasteiger partial charge in [-0.25, -0.2) is 18.5 Å². The summed E-state index contributed by atoms with van der Waals surface area (Å²) in [4.78, 5) is 16.0. The molecule has 1 amide bonds. The van der Waals surface area contributed by atoms with Crippen molar-refractivity contribution >= 4 is 37.5 Å². The van der Waals surface area contributed by atoms with Gasteiger partial charge >= 0.3 is 0 Å². The molecule has 0 radical (unpaired) electrons. The van der Waals surface area contributed by atoms with Gasteiger partial charge in [-0.15, -0.1) is 0 Å². The van der Waals surface area contributed by atoms with E-state index in [2.05, 4.69) is 26.2 Å². The van der Waals surface area contributed by atoms with Gasteiger partial charge in [-0.1, -0.05) is 12.1 Å². The normalized spacial score (nSPS) is 11.2. The highest BCUT2D eigenvalue weighted by molar-refractivity contribution is 9.10. The maximum Gasteiger partial charge on any atom is 0.274 e. The number of nitrogens with one attached hydrogen (secondary N) is 1. The van der Waals surface area contributed by atoms with Crippen LogP contribution in [-0.4, -0.2) is 19.3 Å². The van der Waals surface area contributed by atoms with Gasteiger partial charge in [-0.3, -0.25) is 4.79 Å². The van der Waals surface area contributed by atoms with Gasteiger partial charge in [0.2, 0.25) is 10.0 Å². The van der Waals surface area contributed by atoms with Gasteiger partial charge in [0.1, 0.15) is 10.3 Å². The molecule has 0 aliphatic heterocycles. The minimum absolute atomic E-state index is 0.0255. The molecule has 1 aromatic carbocycles. The van der Waals surface area contributed by atoms with Crippen LogP contribution in [0.4, 0.5) is 5.69 Å². The summed E-state index contributed by atoms with van der Waals surface area (Å²) < 4.78 is 23.4. The van der Waals surface area contributed by atoms with E-state index in [0.717, 1.165) is 0 Å². The lowest BCUT2D eigenvalue weighted by atomic mass is 10.2. The van der Waals surface area contributed by atoms with E-state index in [1.54, 1.807) is 37.3 Å². The summed E-state index contributed by atoms with van der Waals surface area (Å²) in [5.74, 6) is -0.444. The van der Waals surface area contributed by atoms with Crippen molar-refractivity contribution < 1.29 is 13.2 Å². The molecule has 0 atom stereocenters. The number of nitrogens with two attached hydrogens (primary N) is 1. The number of hydrogen-bond donors (Lipinski definition) is 2. The first-order valence-electron chi connectivity index (χ1n) is 5.85. The number of benzene rings is 1. The highest BCUT2D eigenvalue weighted by atomic mass is 79.9. The van der Waals surface area contributed by atoms with Crippen LogP contribution in [0.5, 0.6) is 0 Å². The van der Waals surface area contributed by atoms with Crippen LogP contribution in [0.25, 0.3) is 0 Å². The maximum absolute atomic E-state index is 12.0. The average molecular weight is 370 g/mol. The number of carbonyl (C=O) groups excluding carboxylic acids is 1. The lowest BCUT2D eigenvalue weighted by Crippen LogP contribution is -2.16. The van der Waals surface area contributed by atoms with Gasteiger partial charge in [0, 0.05) is 5.69 Å². The zero-order valence-electron chi connectivity index (χ0n) is 11.0. The molecule has 0 saturated carbocycles. The van der Waals surface area contributed by atoms with E-state index < -0.39 is 15.9 Å². The van der Waals surface area contributed by atoms with Crippen LogP contribution in [0.2, 0.25) is 0 Å². The van der Waals surface area contributed by atoms with Gasteiger partial charge in [0.25, 0.3) is 5.91 Å². The molecule has 3 N–H and O–H groups in total. The number of sulfonamides is 1. The van der Waals surface area contributed by atoms with Crippen molar-refractivity contribution in [1.82, 2.24) is 4.98 Å². The first kappa shape index (κ1) is 15.6. The van der Waals surface area contributed by atoms with E-state index in [9.17, 15) is 13.2 Å². The van der Waals surface area contributed by atoms with Crippen molar-refractivity contribution in [3.63, 3.8) is 0 Å². The number of halogens is 1. The SMILES string of the molecule is Cc1ccc(NC(=O)c2cccc(Br)n2)cc1S(N)(=O)=O. The topological polar surface area (TPSA) is 102 Å². The lowest BCUT2D eigenvalue weighted by molar-refractivity contribution is 0.102. The number of carbonyl (C=O) groups is 1. The quantitative estimate of drug-likeness (QED) is 0.808. The molecule has 0 aliphatic rings. The second-order valence-corrected chi connectivity index (χ2v) is 6.67. The third-order valence-electron chi connectivity index (χ3n) is 2.70. The first-order chi connectivity index (χ1) is 9.77. The molecule has 0 unspecified atom stereocenters. The maximum atomic E-state index is 12.0. The third-order valence-corrected chi connectivity index (χ3v) is 4.19. The molecule has 21 heavy (non-hydrogen) atoms. The summed E-state index contributed by atoms with van der Waals surface area (Å²) in [6.07, 6.45) is 0.